The van der Waals surface area contributed by atoms with Gasteiger partial charge in [-0.3, -0.25) is 0 Å². The molecule has 0 fully saturated rings. The maximum atomic E-state index is 9.49. The summed E-state index contributed by atoms with van der Waals surface area (Å²) in [4.78, 5) is 0. The fourth-order valence-electron chi connectivity index (χ4n) is 0.914. The highest BCUT2D eigenvalue weighted by Gasteiger charge is 2.15. The van der Waals surface area contributed by atoms with Gasteiger partial charge in [-0.1, -0.05) is 6.92 Å². The molecule has 3 N–H and O–H groups in total. The molecule has 11 heavy (non-hydrogen) atoms. The highest BCUT2D eigenvalue weighted by Crippen LogP contribution is 2.16. The van der Waals surface area contributed by atoms with E-state index in [0.717, 1.165) is 12.0 Å². The van der Waals surface area contributed by atoms with Crippen molar-refractivity contribution < 1.29 is 9.52 Å². The zero-order valence-corrected chi connectivity index (χ0v) is 6.53. The molecule has 0 aliphatic carbocycles. The van der Waals surface area contributed by atoms with E-state index >= 15 is 0 Å². The Hall–Kier alpha value is -0.800. The number of aliphatic hydroxyl groups is 1. The zero-order chi connectivity index (χ0) is 8.27. The first-order valence-electron chi connectivity index (χ1n) is 3.71. The lowest BCUT2D eigenvalue weighted by atomic mass is 10.0. The van der Waals surface area contributed by atoms with E-state index in [0.29, 0.717) is 0 Å². The van der Waals surface area contributed by atoms with E-state index in [1.54, 1.807) is 6.07 Å². The molecule has 1 heterocycles. The molecule has 3 heteroatoms. The first-order chi connectivity index (χ1) is 5.25. The van der Waals surface area contributed by atoms with Crippen LogP contribution in [0.25, 0.3) is 0 Å². The van der Waals surface area contributed by atoms with E-state index in [1.807, 2.05) is 6.92 Å². The van der Waals surface area contributed by atoms with E-state index in [-0.39, 0.29) is 6.04 Å². The highest BCUT2D eigenvalue weighted by atomic mass is 16.3. The van der Waals surface area contributed by atoms with Gasteiger partial charge < -0.3 is 15.3 Å². The second kappa shape index (κ2) is 3.55. The van der Waals surface area contributed by atoms with E-state index in [2.05, 4.69) is 0 Å². The number of hydrogen-bond acceptors (Lipinski definition) is 3. The third-order valence-corrected chi connectivity index (χ3v) is 1.76. The predicted molar refractivity (Wildman–Crippen MR) is 41.9 cm³/mol. The molecule has 0 radical (unpaired) electrons. The minimum atomic E-state index is -0.598. The van der Waals surface area contributed by atoms with Crippen molar-refractivity contribution in [3.8, 4) is 0 Å². The predicted octanol–water partition coefficient (Wildman–Crippen LogP) is 1.05. The van der Waals surface area contributed by atoms with Crippen LogP contribution in [0.5, 0.6) is 0 Å². The SMILES string of the molecule is CC[C@@H](N)[C@@H](O)c1ccoc1. The molecule has 0 aromatic carbocycles. The van der Waals surface area contributed by atoms with Crippen LogP contribution in [-0.2, 0) is 0 Å². The van der Waals surface area contributed by atoms with Crippen LogP contribution >= 0.6 is 0 Å². The summed E-state index contributed by atoms with van der Waals surface area (Å²) in [5, 5.41) is 9.49. The lowest BCUT2D eigenvalue weighted by Crippen LogP contribution is -2.26. The van der Waals surface area contributed by atoms with Crippen LogP contribution < -0.4 is 5.73 Å². The van der Waals surface area contributed by atoms with E-state index in [4.69, 9.17) is 10.2 Å². The normalized spacial score (nSPS) is 16.3. The molecule has 0 saturated heterocycles. The third kappa shape index (κ3) is 1.82. The second-order valence-corrected chi connectivity index (χ2v) is 2.57. The first-order valence-corrected chi connectivity index (χ1v) is 3.71. The molecule has 1 aromatic heterocycles. The largest absolute Gasteiger partial charge is 0.472 e. The molecule has 0 bridgehead atoms. The third-order valence-electron chi connectivity index (χ3n) is 1.76. The number of aliphatic hydroxyl groups excluding tert-OH is 1. The van der Waals surface area contributed by atoms with Crippen molar-refractivity contribution in [1.82, 2.24) is 0 Å². The van der Waals surface area contributed by atoms with Crippen molar-refractivity contribution in [3.63, 3.8) is 0 Å². The van der Waals surface area contributed by atoms with Crippen LogP contribution in [0.3, 0.4) is 0 Å². The molecule has 1 aromatic rings. The topological polar surface area (TPSA) is 59.4 Å². The molecular formula is C8H13NO2. The molecule has 62 valence electrons. The molecule has 0 aliphatic heterocycles. The fourth-order valence-corrected chi connectivity index (χ4v) is 0.914. The molecule has 0 unspecified atom stereocenters. The van der Waals surface area contributed by atoms with Crippen LogP contribution in [0.15, 0.2) is 23.0 Å². The Kier molecular flexibility index (Phi) is 2.68. The van der Waals surface area contributed by atoms with Gasteiger partial charge in [0.15, 0.2) is 0 Å². The van der Waals surface area contributed by atoms with Crippen molar-refractivity contribution in [2.24, 2.45) is 5.73 Å². The Labute approximate surface area is 65.8 Å². The second-order valence-electron chi connectivity index (χ2n) is 2.57. The van der Waals surface area contributed by atoms with Crippen LogP contribution in [0.4, 0.5) is 0 Å². The zero-order valence-electron chi connectivity index (χ0n) is 6.53. The maximum absolute atomic E-state index is 9.49. The summed E-state index contributed by atoms with van der Waals surface area (Å²) in [6.07, 6.45) is 3.20. The monoisotopic (exact) mass is 155 g/mol. The Bertz CT molecular complexity index is 196. The number of nitrogens with two attached hydrogens (primary N) is 1. The summed E-state index contributed by atoms with van der Waals surface area (Å²) < 4.78 is 4.81. The molecule has 0 aliphatic rings. The van der Waals surface area contributed by atoms with Gasteiger partial charge in [-0.15, -0.1) is 0 Å². The van der Waals surface area contributed by atoms with Crippen molar-refractivity contribution in [2.45, 2.75) is 25.5 Å². The van der Waals surface area contributed by atoms with Gasteiger partial charge in [0.2, 0.25) is 0 Å². The quantitative estimate of drug-likeness (QED) is 0.685. The summed E-state index contributed by atoms with van der Waals surface area (Å²) in [6, 6.07) is 1.52. The van der Waals surface area contributed by atoms with Gasteiger partial charge in [-0.05, 0) is 12.5 Å². The van der Waals surface area contributed by atoms with Gasteiger partial charge in [0, 0.05) is 11.6 Å². The lowest BCUT2D eigenvalue weighted by molar-refractivity contribution is 0.143. The van der Waals surface area contributed by atoms with Gasteiger partial charge in [-0.2, -0.15) is 0 Å². The number of furan rings is 1. The van der Waals surface area contributed by atoms with Gasteiger partial charge in [0.1, 0.15) is 0 Å². The Balaban J connectivity index is 2.62. The fraction of sp³-hybridized carbons (Fsp3) is 0.500. The van der Waals surface area contributed by atoms with Crippen molar-refractivity contribution in [3.05, 3.63) is 24.2 Å². The Morgan fingerprint density at radius 2 is 2.45 bits per heavy atom. The van der Waals surface area contributed by atoms with Crippen LogP contribution in [0.1, 0.15) is 25.0 Å². The molecule has 0 saturated carbocycles. The van der Waals surface area contributed by atoms with Crippen molar-refractivity contribution in [2.75, 3.05) is 0 Å². The molecule has 0 spiro atoms. The van der Waals surface area contributed by atoms with Crippen molar-refractivity contribution in [1.29, 1.82) is 0 Å². The standard InChI is InChI=1S/C8H13NO2/c1-2-7(9)8(10)6-3-4-11-5-6/h3-5,7-8,10H,2,9H2,1H3/t7-,8+/m1/s1. The average molecular weight is 155 g/mol. The van der Waals surface area contributed by atoms with Gasteiger partial charge in [0.25, 0.3) is 0 Å². The molecule has 2 atom stereocenters. The van der Waals surface area contributed by atoms with Gasteiger partial charge in [-0.25, -0.2) is 0 Å². The lowest BCUT2D eigenvalue weighted by Gasteiger charge is -2.14. The summed E-state index contributed by atoms with van der Waals surface area (Å²) in [5.41, 5.74) is 6.37. The molecule has 3 nitrogen and oxygen atoms in total. The van der Waals surface area contributed by atoms with Gasteiger partial charge in [0.05, 0.1) is 18.6 Å². The van der Waals surface area contributed by atoms with Crippen molar-refractivity contribution >= 4 is 0 Å². The van der Waals surface area contributed by atoms with Crippen LogP contribution in [0.2, 0.25) is 0 Å². The summed E-state index contributed by atoms with van der Waals surface area (Å²) in [7, 11) is 0. The Morgan fingerprint density at radius 3 is 2.91 bits per heavy atom. The Morgan fingerprint density at radius 1 is 1.73 bits per heavy atom. The summed E-state index contributed by atoms with van der Waals surface area (Å²) >= 11 is 0. The smallest absolute Gasteiger partial charge is 0.0971 e. The maximum Gasteiger partial charge on any atom is 0.0971 e. The number of hydrogen-bond donors (Lipinski definition) is 2. The molecule has 1 rings (SSSR count). The molecule has 0 amide bonds. The van der Waals surface area contributed by atoms with Crippen LogP contribution in [-0.4, -0.2) is 11.1 Å². The molecular weight excluding hydrogens is 142 g/mol. The average Bonchev–Trinajstić information content (AvgIpc) is 2.53. The van der Waals surface area contributed by atoms with Crippen LogP contribution in [0, 0.1) is 0 Å². The minimum absolute atomic E-state index is 0.201. The summed E-state index contributed by atoms with van der Waals surface area (Å²) in [5.74, 6) is 0. The highest BCUT2D eigenvalue weighted by molar-refractivity contribution is 5.11. The number of rotatable bonds is 3. The van der Waals surface area contributed by atoms with E-state index in [9.17, 15) is 5.11 Å². The van der Waals surface area contributed by atoms with E-state index < -0.39 is 6.10 Å². The van der Waals surface area contributed by atoms with E-state index in [1.165, 1.54) is 12.5 Å². The minimum Gasteiger partial charge on any atom is -0.472 e. The summed E-state index contributed by atoms with van der Waals surface area (Å²) in [6.45, 7) is 1.94. The first kappa shape index (κ1) is 8.30. The van der Waals surface area contributed by atoms with Gasteiger partial charge >= 0.3 is 0 Å².